The van der Waals surface area contributed by atoms with Crippen molar-refractivity contribution < 1.29 is 8.83 Å². The molecule has 0 atom stereocenters. The monoisotopic (exact) mass is 665 g/mol. The van der Waals surface area contributed by atoms with Crippen molar-refractivity contribution in [1.29, 1.82) is 5.26 Å². The molecule has 0 saturated heterocycles. The van der Waals surface area contributed by atoms with Gasteiger partial charge in [0.15, 0.2) is 5.82 Å². The number of furan rings is 2. The number of hydrogen-bond acceptors (Lipinski definition) is 5. The van der Waals surface area contributed by atoms with Crippen molar-refractivity contribution in [2.45, 2.75) is 0 Å². The number of para-hydroxylation sites is 2. The van der Waals surface area contributed by atoms with Gasteiger partial charge in [-0.05, 0) is 82.9 Å². The highest BCUT2D eigenvalue weighted by molar-refractivity contribution is 6.08. The second-order valence-corrected chi connectivity index (χ2v) is 12.9. The van der Waals surface area contributed by atoms with Crippen molar-refractivity contribution in [2.24, 2.45) is 0 Å². The minimum atomic E-state index is 0.574. The Hall–Kier alpha value is -7.29. The van der Waals surface area contributed by atoms with Gasteiger partial charge in [0, 0.05) is 38.2 Å². The third-order valence-corrected chi connectivity index (χ3v) is 9.74. The summed E-state index contributed by atoms with van der Waals surface area (Å²) in [5.41, 5.74) is 12.4. The van der Waals surface area contributed by atoms with Crippen molar-refractivity contribution in [3.8, 4) is 62.2 Å². The van der Waals surface area contributed by atoms with Crippen molar-refractivity contribution in [2.75, 3.05) is 0 Å². The summed E-state index contributed by atoms with van der Waals surface area (Å²) >= 11 is 0. The maximum Gasteiger partial charge on any atom is 0.160 e. The van der Waals surface area contributed by atoms with E-state index in [0.29, 0.717) is 11.4 Å². The second-order valence-electron chi connectivity index (χ2n) is 12.9. The fourth-order valence-corrected chi connectivity index (χ4v) is 7.18. The minimum Gasteiger partial charge on any atom is -0.456 e. The molecule has 0 spiro atoms. The van der Waals surface area contributed by atoms with Crippen LogP contribution in [0.1, 0.15) is 5.56 Å². The summed E-state index contributed by atoms with van der Waals surface area (Å²) in [6, 6.07) is 57.5. The van der Waals surface area contributed by atoms with Crippen LogP contribution in [0.15, 0.2) is 173 Å². The number of nitrogens with zero attached hydrogens (tertiary/aromatic N) is 3. The first-order valence-electron chi connectivity index (χ1n) is 17.1. The van der Waals surface area contributed by atoms with Crippen LogP contribution in [0, 0.1) is 11.3 Å². The fraction of sp³-hybridized carbons (Fsp3) is 0. The molecule has 10 rings (SSSR count). The average molecular weight is 666 g/mol. The molecule has 10 aromatic rings. The van der Waals surface area contributed by atoms with Crippen molar-refractivity contribution >= 4 is 43.9 Å². The summed E-state index contributed by atoms with van der Waals surface area (Å²) < 4.78 is 12.3. The lowest BCUT2D eigenvalue weighted by Gasteiger charge is -2.15. The second kappa shape index (κ2) is 11.9. The van der Waals surface area contributed by atoms with Crippen LogP contribution in [0.2, 0.25) is 0 Å². The summed E-state index contributed by atoms with van der Waals surface area (Å²) in [6.07, 6.45) is 0. The molecular weight excluding hydrogens is 639 g/mol. The van der Waals surface area contributed by atoms with Crippen LogP contribution in [0.5, 0.6) is 0 Å². The predicted molar refractivity (Wildman–Crippen MR) is 208 cm³/mol. The smallest absolute Gasteiger partial charge is 0.160 e. The Morgan fingerprint density at radius 2 is 0.962 bits per heavy atom. The largest absolute Gasteiger partial charge is 0.456 e. The van der Waals surface area contributed by atoms with Crippen LogP contribution in [-0.2, 0) is 0 Å². The zero-order valence-electron chi connectivity index (χ0n) is 27.7. The van der Waals surface area contributed by atoms with Gasteiger partial charge in [-0.1, -0.05) is 103 Å². The van der Waals surface area contributed by atoms with Crippen LogP contribution >= 0.6 is 0 Å². The molecule has 242 valence electrons. The Balaban J connectivity index is 1.23. The molecule has 0 N–H and O–H groups in total. The lowest BCUT2D eigenvalue weighted by Crippen LogP contribution is -1.97. The van der Waals surface area contributed by atoms with Gasteiger partial charge in [-0.2, -0.15) is 5.26 Å². The standard InChI is InChI=1S/C47H27N3O2/c48-28-29-9-8-12-34(23-29)41-27-42(50-47(49-41)30-10-2-1-3-11-30)38-24-31(32-18-21-45-39(25-32)36-13-4-6-15-43(36)51-45)17-20-35(38)33-19-22-46-40(26-33)37-14-5-7-16-44(37)52-46/h1-27H. The molecule has 5 nitrogen and oxygen atoms in total. The molecule has 0 aliphatic rings. The van der Waals surface area contributed by atoms with Crippen LogP contribution in [-0.4, -0.2) is 9.97 Å². The molecule has 0 radical (unpaired) electrons. The SMILES string of the molecule is N#Cc1cccc(-c2cc(-c3cc(-c4ccc5oc6ccccc6c5c4)ccc3-c3ccc4oc5ccccc5c4c3)nc(-c3ccccc3)n2)c1. The summed E-state index contributed by atoms with van der Waals surface area (Å²) in [7, 11) is 0. The molecule has 0 amide bonds. The predicted octanol–water partition coefficient (Wildman–Crippen LogP) is 12.5. The topological polar surface area (TPSA) is 75.8 Å². The van der Waals surface area contributed by atoms with Crippen molar-refractivity contribution in [3.63, 3.8) is 0 Å². The Bertz CT molecular complexity index is 3040. The number of rotatable bonds is 5. The third-order valence-electron chi connectivity index (χ3n) is 9.74. The Labute approximate surface area is 298 Å². The van der Waals surface area contributed by atoms with E-state index in [4.69, 9.17) is 18.8 Å². The molecule has 7 aromatic carbocycles. The van der Waals surface area contributed by atoms with Gasteiger partial charge in [0.1, 0.15) is 22.3 Å². The van der Waals surface area contributed by atoms with Crippen LogP contribution in [0.4, 0.5) is 0 Å². The van der Waals surface area contributed by atoms with Gasteiger partial charge in [-0.15, -0.1) is 0 Å². The highest BCUT2D eigenvalue weighted by Crippen LogP contribution is 2.41. The number of fused-ring (bicyclic) bond motifs is 6. The van der Waals surface area contributed by atoms with Gasteiger partial charge in [-0.25, -0.2) is 9.97 Å². The first-order chi connectivity index (χ1) is 25.7. The molecule has 0 fully saturated rings. The quantitative estimate of drug-likeness (QED) is 0.183. The molecular formula is C47H27N3O2. The molecule has 0 aliphatic carbocycles. The maximum atomic E-state index is 9.72. The van der Waals surface area contributed by atoms with Gasteiger partial charge < -0.3 is 8.83 Å². The summed E-state index contributed by atoms with van der Waals surface area (Å²) in [4.78, 5) is 10.3. The number of hydrogen-bond donors (Lipinski definition) is 0. The zero-order valence-corrected chi connectivity index (χ0v) is 27.7. The van der Waals surface area contributed by atoms with Gasteiger partial charge >= 0.3 is 0 Å². The molecule has 0 saturated carbocycles. The van der Waals surface area contributed by atoms with Gasteiger partial charge in [0.05, 0.1) is 23.0 Å². The summed E-state index contributed by atoms with van der Waals surface area (Å²) in [5.74, 6) is 0.606. The number of nitriles is 1. The number of aromatic nitrogens is 2. The summed E-state index contributed by atoms with van der Waals surface area (Å²) in [5, 5.41) is 14.0. The van der Waals surface area contributed by atoms with Crippen LogP contribution in [0.25, 0.3) is 100 Å². The average Bonchev–Trinajstić information content (AvgIpc) is 3.78. The molecule has 0 aliphatic heterocycles. The van der Waals surface area contributed by atoms with E-state index in [9.17, 15) is 5.26 Å². The Morgan fingerprint density at radius 3 is 1.69 bits per heavy atom. The van der Waals surface area contributed by atoms with E-state index in [1.54, 1.807) is 6.07 Å². The lowest BCUT2D eigenvalue weighted by atomic mass is 9.91. The van der Waals surface area contributed by atoms with E-state index in [1.807, 2.05) is 91.0 Å². The van der Waals surface area contributed by atoms with E-state index >= 15 is 0 Å². The van der Waals surface area contributed by atoms with Crippen molar-refractivity contribution in [3.05, 3.63) is 169 Å². The fourth-order valence-electron chi connectivity index (χ4n) is 7.18. The van der Waals surface area contributed by atoms with E-state index < -0.39 is 0 Å². The molecule has 0 unspecified atom stereocenters. The molecule has 5 heteroatoms. The Kier molecular flexibility index (Phi) is 6.80. The van der Waals surface area contributed by atoms with Gasteiger partial charge in [0.25, 0.3) is 0 Å². The first kappa shape index (κ1) is 29.6. The maximum absolute atomic E-state index is 9.72. The number of benzene rings is 7. The minimum absolute atomic E-state index is 0.574. The normalized spacial score (nSPS) is 11.4. The lowest BCUT2D eigenvalue weighted by molar-refractivity contribution is 0.668. The van der Waals surface area contributed by atoms with Crippen LogP contribution in [0.3, 0.4) is 0 Å². The van der Waals surface area contributed by atoms with E-state index in [2.05, 4.69) is 72.8 Å². The third kappa shape index (κ3) is 5.02. The first-order valence-corrected chi connectivity index (χ1v) is 17.1. The molecule has 3 aromatic heterocycles. The molecule has 0 bridgehead atoms. The Morgan fingerprint density at radius 1 is 0.385 bits per heavy atom. The molecule has 3 heterocycles. The van der Waals surface area contributed by atoms with E-state index in [0.717, 1.165) is 94.2 Å². The summed E-state index contributed by atoms with van der Waals surface area (Å²) in [6.45, 7) is 0. The highest BCUT2D eigenvalue weighted by Gasteiger charge is 2.18. The zero-order chi connectivity index (χ0) is 34.6. The van der Waals surface area contributed by atoms with Crippen LogP contribution < -0.4 is 0 Å². The van der Waals surface area contributed by atoms with Crippen molar-refractivity contribution in [1.82, 2.24) is 9.97 Å². The van der Waals surface area contributed by atoms with Gasteiger partial charge in [0.2, 0.25) is 0 Å². The molecule has 52 heavy (non-hydrogen) atoms. The highest BCUT2D eigenvalue weighted by atomic mass is 16.3. The van der Waals surface area contributed by atoms with E-state index in [-0.39, 0.29) is 0 Å². The van der Waals surface area contributed by atoms with Gasteiger partial charge in [-0.3, -0.25) is 0 Å². The van der Waals surface area contributed by atoms with E-state index in [1.165, 1.54) is 0 Å².